The zero-order valence-corrected chi connectivity index (χ0v) is 15.3. The lowest BCUT2D eigenvalue weighted by Crippen LogP contribution is -2.26. The van der Waals surface area contributed by atoms with Crippen molar-refractivity contribution in [2.75, 3.05) is 0 Å². The predicted molar refractivity (Wildman–Crippen MR) is 102 cm³/mol. The topological polar surface area (TPSA) is 90.1 Å². The third-order valence-electron chi connectivity index (χ3n) is 4.08. The van der Waals surface area contributed by atoms with E-state index in [0.29, 0.717) is 12.1 Å². The summed E-state index contributed by atoms with van der Waals surface area (Å²) < 4.78 is 1.40. The molecular formula is C19H17ClN4O3. The van der Waals surface area contributed by atoms with Gasteiger partial charge >= 0.3 is 5.82 Å². The molecule has 0 unspecified atom stereocenters. The van der Waals surface area contributed by atoms with E-state index in [9.17, 15) is 14.9 Å². The molecule has 1 N–H and O–H groups in total. The maximum Gasteiger partial charge on any atom is 0.408 e. The molecule has 7 nitrogen and oxygen atoms in total. The molecule has 0 aliphatic rings. The van der Waals surface area contributed by atoms with Gasteiger partial charge in [-0.15, -0.1) is 0 Å². The molecule has 0 saturated heterocycles. The molecule has 0 aliphatic carbocycles. The molecule has 3 rings (SSSR count). The number of benzene rings is 2. The van der Waals surface area contributed by atoms with Crippen molar-refractivity contribution >= 4 is 23.3 Å². The number of carbonyl (C=O) groups excluding carboxylic acids is 1. The molecule has 8 heteroatoms. The second kappa shape index (κ2) is 8.01. The smallest absolute Gasteiger partial charge is 0.358 e. The van der Waals surface area contributed by atoms with Crippen LogP contribution < -0.4 is 5.32 Å². The molecule has 1 heterocycles. The molecule has 0 spiro atoms. The highest BCUT2D eigenvalue weighted by atomic mass is 35.5. The lowest BCUT2D eigenvalue weighted by Gasteiger charge is -2.14. The highest BCUT2D eigenvalue weighted by molar-refractivity contribution is 6.32. The van der Waals surface area contributed by atoms with Crippen molar-refractivity contribution in [2.24, 2.45) is 0 Å². The van der Waals surface area contributed by atoms with Crippen LogP contribution in [0.3, 0.4) is 0 Å². The van der Waals surface area contributed by atoms with E-state index in [1.54, 1.807) is 24.3 Å². The van der Waals surface area contributed by atoms with Gasteiger partial charge in [0.2, 0.25) is 0 Å². The molecular weight excluding hydrogens is 368 g/mol. The lowest BCUT2D eigenvalue weighted by molar-refractivity contribution is -0.389. The Kier molecular flexibility index (Phi) is 5.52. The molecule has 1 amide bonds. The molecule has 0 aliphatic heterocycles. The zero-order valence-electron chi connectivity index (χ0n) is 14.5. The van der Waals surface area contributed by atoms with Crippen molar-refractivity contribution < 1.29 is 9.72 Å². The summed E-state index contributed by atoms with van der Waals surface area (Å²) in [6.45, 7) is 2.24. The first-order valence-corrected chi connectivity index (χ1v) is 8.64. The Labute approximate surface area is 160 Å². The van der Waals surface area contributed by atoms with Crippen LogP contribution in [-0.2, 0) is 6.54 Å². The van der Waals surface area contributed by atoms with Gasteiger partial charge in [0.1, 0.15) is 0 Å². The molecule has 27 heavy (non-hydrogen) atoms. The van der Waals surface area contributed by atoms with Gasteiger partial charge in [-0.1, -0.05) is 54.1 Å². The first-order chi connectivity index (χ1) is 12.9. The third-order valence-corrected chi connectivity index (χ3v) is 4.35. The quantitative estimate of drug-likeness (QED) is 0.514. The fourth-order valence-electron chi connectivity index (χ4n) is 2.65. The number of nitrogens with zero attached hydrogens (tertiary/aromatic N) is 3. The van der Waals surface area contributed by atoms with Gasteiger partial charge in [0.05, 0.1) is 23.9 Å². The molecule has 0 saturated carbocycles. The van der Waals surface area contributed by atoms with Gasteiger partial charge in [0.25, 0.3) is 5.91 Å². The summed E-state index contributed by atoms with van der Waals surface area (Å²) in [6.07, 6.45) is 1.40. The minimum atomic E-state index is -0.625. The Morgan fingerprint density at radius 3 is 2.48 bits per heavy atom. The van der Waals surface area contributed by atoms with Crippen LogP contribution in [0.15, 0.2) is 60.8 Å². The van der Waals surface area contributed by atoms with Crippen LogP contribution in [-0.4, -0.2) is 20.6 Å². The molecule has 3 aromatic rings. The standard InChI is InChI=1S/C19H17ClN4O3/c1-13(15-5-3-2-4-6-15)21-19(25)16-9-7-14(8-10-16)11-23-12-17(20)18(22-23)24(26)27/h2-10,12-13H,11H2,1H3,(H,21,25)/t13-/m0/s1. The Balaban J connectivity index is 1.65. The van der Waals surface area contributed by atoms with Crippen molar-refractivity contribution in [3.63, 3.8) is 0 Å². The summed E-state index contributed by atoms with van der Waals surface area (Å²) in [7, 11) is 0. The monoisotopic (exact) mass is 384 g/mol. The van der Waals surface area contributed by atoms with E-state index in [4.69, 9.17) is 11.6 Å². The second-order valence-corrected chi connectivity index (χ2v) is 6.47. The molecule has 2 aromatic carbocycles. The van der Waals surface area contributed by atoms with Crippen LogP contribution in [0.1, 0.15) is 34.5 Å². The number of hydrogen-bond donors (Lipinski definition) is 1. The summed E-state index contributed by atoms with van der Waals surface area (Å²) in [5.41, 5.74) is 2.40. The van der Waals surface area contributed by atoms with E-state index < -0.39 is 4.92 Å². The van der Waals surface area contributed by atoms with Crippen LogP contribution >= 0.6 is 11.6 Å². The molecule has 138 valence electrons. The summed E-state index contributed by atoms with van der Waals surface area (Å²) in [6, 6.07) is 16.6. The Bertz CT molecular complexity index is 955. The maximum atomic E-state index is 12.4. The van der Waals surface area contributed by atoms with Crippen molar-refractivity contribution in [1.82, 2.24) is 15.1 Å². The lowest BCUT2D eigenvalue weighted by atomic mass is 10.1. The average Bonchev–Trinajstić information content (AvgIpc) is 3.03. The van der Waals surface area contributed by atoms with Crippen LogP contribution in [0, 0.1) is 10.1 Å². The second-order valence-electron chi connectivity index (χ2n) is 6.06. The van der Waals surface area contributed by atoms with Crippen LogP contribution in [0.5, 0.6) is 0 Å². The largest absolute Gasteiger partial charge is 0.408 e. The fraction of sp³-hybridized carbons (Fsp3) is 0.158. The van der Waals surface area contributed by atoms with Crippen LogP contribution in [0.25, 0.3) is 0 Å². The van der Waals surface area contributed by atoms with Crippen LogP contribution in [0.2, 0.25) is 5.02 Å². The van der Waals surface area contributed by atoms with Crippen molar-refractivity contribution in [1.29, 1.82) is 0 Å². The molecule has 1 atom stereocenters. The van der Waals surface area contributed by atoms with Gasteiger partial charge in [-0.2, -0.15) is 4.68 Å². The number of halogens is 1. The Morgan fingerprint density at radius 2 is 1.89 bits per heavy atom. The van der Waals surface area contributed by atoms with E-state index in [-0.39, 0.29) is 22.8 Å². The first kappa shape index (κ1) is 18.6. The van der Waals surface area contributed by atoms with E-state index in [1.807, 2.05) is 37.3 Å². The molecule has 1 aromatic heterocycles. The van der Waals surface area contributed by atoms with Crippen molar-refractivity contribution in [3.8, 4) is 0 Å². The third kappa shape index (κ3) is 4.51. The average molecular weight is 385 g/mol. The predicted octanol–water partition coefficient (Wildman–Crippen LogP) is 3.98. The summed E-state index contributed by atoms with van der Waals surface area (Å²) in [5.74, 6) is -0.543. The van der Waals surface area contributed by atoms with E-state index >= 15 is 0 Å². The van der Waals surface area contributed by atoms with Crippen LogP contribution in [0.4, 0.5) is 5.82 Å². The number of aromatic nitrogens is 2. The summed E-state index contributed by atoms with van der Waals surface area (Å²) in [4.78, 5) is 22.6. The van der Waals surface area contributed by atoms with Gasteiger partial charge in [-0.05, 0) is 35.1 Å². The minimum absolute atomic E-state index is 0.00843. The van der Waals surface area contributed by atoms with Gasteiger partial charge in [-0.25, -0.2) is 0 Å². The number of nitrogens with one attached hydrogen (secondary N) is 1. The SMILES string of the molecule is C[C@H](NC(=O)c1ccc(Cn2cc(Cl)c([N+](=O)[O-])n2)cc1)c1ccccc1. The first-order valence-electron chi connectivity index (χ1n) is 8.26. The fourth-order valence-corrected chi connectivity index (χ4v) is 2.86. The number of rotatable bonds is 6. The van der Waals surface area contributed by atoms with Gasteiger partial charge in [0.15, 0.2) is 5.02 Å². The minimum Gasteiger partial charge on any atom is -0.358 e. The Morgan fingerprint density at radius 1 is 1.22 bits per heavy atom. The van der Waals surface area contributed by atoms with Gasteiger partial charge in [-0.3, -0.25) is 4.79 Å². The van der Waals surface area contributed by atoms with E-state index in [0.717, 1.165) is 11.1 Å². The Hall–Kier alpha value is -3.19. The number of carbonyl (C=O) groups is 1. The van der Waals surface area contributed by atoms with E-state index in [2.05, 4.69) is 10.4 Å². The summed E-state index contributed by atoms with van der Waals surface area (Å²) in [5, 5.41) is 17.6. The van der Waals surface area contributed by atoms with Crippen molar-refractivity contribution in [3.05, 3.63) is 92.6 Å². The van der Waals surface area contributed by atoms with Gasteiger partial charge in [0, 0.05) is 5.56 Å². The highest BCUT2D eigenvalue weighted by Gasteiger charge is 2.19. The highest BCUT2D eigenvalue weighted by Crippen LogP contribution is 2.22. The summed E-state index contributed by atoms with van der Waals surface area (Å²) >= 11 is 5.79. The maximum absolute atomic E-state index is 12.4. The normalized spacial score (nSPS) is 11.8. The van der Waals surface area contributed by atoms with Gasteiger partial charge < -0.3 is 15.4 Å². The molecule has 0 fully saturated rings. The zero-order chi connectivity index (χ0) is 19.4. The number of amides is 1. The number of hydrogen-bond acceptors (Lipinski definition) is 4. The molecule has 0 radical (unpaired) electrons. The number of nitro groups is 1. The van der Waals surface area contributed by atoms with Crippen molar-refractivity contribution in [2.45, 2.75) is 19.5 Å². The van der Waals surface area contributed by atoms with E-state index in [1.165, 1.54) is 10.9 Å². The molecule has 0 bridgehead atoms.